The molecule has 0 saturated heterocycles. The number of benzene rings is 1. The minimum absolute atomic E-state index is 0.163. The maximum atomic E-state index is 12.3. The molecular weight excluding hydrogens is 318 g/mol. The average Bonchev–Trinajstić information content (AvgIpc) is 2.74. The van der Waals surface area contributed by atoms with Crippen molar-refractivity contribution in [2.45, 2.75) is 45.8 Å². The summed E-state index contributed by atoms with van der Waals surface area (Å²) in [6.07, 6.45) is 1.91. The zero-order valence-electron chi connectivity index (χ0n) is 15.5. The van der Waals surface area contributed by atoms with Crippen LogP contribution < -0.4 is 0 Å². The SMILES string of the molecule is C/C(=C/CN1C(=O)c2ccccc2C1=O)CO[Si](C)(C)C(C)(C)C. The molecule has 2 amide bonds. The van der Waals surface area contributed by atoms with Crippen LogP contribution in [0.1, 0.15) is 48.4 Å². The van der Waals surface area contributed by atoms with Gasteiger partial charge in [0.15, 0.2) is 8.32 Å². The van der Waals surface area contributed by atoms with Crippen molar-refractivity contribution in [1.82, 2.24) is 4.90 Å². The number of amides is 2. The van der Waals surface area contributed by atoms with E-state index >= 15 is 0 Å². The molecule has 2 rings (SSSR count). The van der Waals surface area contributed by atoms with Crippen molar-refractivity contribution >= 4 is 20.1 Å². The van der Waals surface area contributed by atoms with E-state index in [0.717, 1.165) is 5.57 Å². The summed E-state index contributed by atoms with van der Waals surface area (Å²) in [5.41, 5.74) is 2.02. The Kier molecular flexibility index (Phi) is 5.16. The first-order chi connectivity index (χ1) is 11.0. The molecule has 0 N–H and O–H groups in total. The van der Waals surface area contributed by atoms with Gasteiger partial charge in [0.05, 0.1) is 17.7 Å². The van der Waals surface area contributed by atoms with E-state index in [2.05, 4.69) is 33.9 Å². The summed E-state index contributed by atoms with van der Waals surface area (Å²) < 4.78 is 6.17. The van der Waals surface area contributed by atoms with Gasteiger partial charge in [-0.2, -0.15) is 0 Å². The largest absolute Gasteiger partial charge is 0.413 e. The summed E-state index contributed by atoms with van der Waals surface area (Å²) >= 11 is 0. The topological polar surface area (TPSA) is 46.6 Å². The second kappa shape index (κ2) is 6.65. The number of fused-ring (bicyclic) bond motifs is 1. The Labute approximate surface area is 145 Å². The first-order valence-electron chi connectivity index (χ1n) is 8.29. The predicted octanol–water partition coefficient (Wildman–Crippen LogP) is 4.25. The summed E-state index contributed by atoms with van der Waals surface area (Å²) in [6.45, 7) is 13.9. The highest BCUT2D eigenvalue weighted by Gasteiger charge is 2.37. The molecule has 0 atom stereocenters. The Morgan fingerprint density at radius 2 is 1.62 bits per heavy atom. The van der Waals surface area contributed by atoms with Crippen molar-refractivity contribution < 1.29 is 14.0 Å². The highest BCUT2D eigenvalue weighted by Crippen LogP contribution is 2.36. The van der Waals surface area contributed by atoms with Gasteiger partial charge in [0.1, 0.15) is 0 Å². The summed E-state index contributed by atoms with van der Waals surface area (Å²) in [6, 6.07) is 6.96. The number of rotatable bonds is 5. The first-order valence-corrected chi connectivity index (χ1v) is 11.2. The molecule has 1 aromatic rings. The number of carbonyl (C=O) groups is 2. The zero-order valence-corrected chi connectivity index (χ0v) is 16.5. The predicted molar refractivity (Wildman–Crippen MR) is 98.7 cm³/mol. The molecule has 0 aliphatic carbocycles. The van der Waals surface area contributed by atoms with Crippen LogP contribution >= 0.6 is 0 Å². The molecule has 0 unspecified atom stereocenters. The van der Waals surface area contributed by atoms with E-state index in [9.17, 15) is 9.59 Å². The molecule has 130 valence electrons. The van der Waals surface area contributed by atoms with Crippen LogP contribution in [-0.2, 0) is 4.43 Å². The summed E-state index contributed by atoms with van der Waals surface area (Å²) in [4.78, 5) is 25.9. The van der Waals surface area contributed by atoms with Gasteiger partial charge in [0.25, 0.3) is 11.8 Å². The highest BCUT2D eigenvalue weighted by atomic mass is 28.4. The van der Waals surface area contributed by atoms with Crippen molar-refractivity contribution in [3.8, 4) is 0 Å². The fourth-order valence-electron chi connectivity index (χ4n) is 2.22. The van der Waals surface area contributed by atoms with E-state index in [1.165, 1.54) is 4.90 Å². The summed E-state index contributed by atoms with van der Waals surface area (Å²) in [5.74, 6) is -0.435. The molecule has 5 heteroatoms. The van der Waals surface area contributed by atoms with Gasteiger partial charge in [0.2, 0.25) is 0 Å². The maximum absolute atomic E-state index is 12.3. The molecule has 1 aromatic carbocycles. The summed E-state index contributed by atoms with van der Waals surface area (Å²) in [5, 5.41) is 0.163. The van der Waals surface area contributed by atoms with Crippen LogP contribution in [0.15, 0.2) is 35.9 Å². The Bertz CT molecular complexity index is 651. The minimum Gasteiger partial charge on any atom is -0.413 e. The van der Waals surface area contributed by atoms with Gasteiger partial charge in [-0.3, -0.25) is 14.5 Å². The van der Waals surface area contributed by atoms with Crippen molar-refractivity contribution in [3.05, 3.63) is 47.0 Å². The molecule has 1 heterocycles. The second-order valence-electron chi connectivity index (χ2n) is 7.87. The van der Waals surface area contributed by atoms with E-state index in [-0.39, 0.29) is 16.9 Å². The van der Waals surface area contributed by atoms with Crippen molar-refractivity contribution in [3.63, 3.8) is 0 Å². The molecular formula is C19H27NO3Si. The van der Waals surface area contributed by atoms with E-state index in [0.29, 0.717) is 24.3 Å². The van der Waals surface area contributed by atoms with Gasteiger partial charge >= 0.3 is 0 Å². The third kappa shape index (κ3) is 3.68. The smallest absolute Gasteiger partial charge is 0.261 e. The number of nitrogens with zero attached hydrogens (tertiary/aromatic N) is 1. The van der Waals surface area contributed by atoms with Crippen LogP contribution in [0.2, 0.25) is 18.1 Å². The van der Waals surface area contributed by atoms with Crippen LogP contribution in [0.3, 0.4) is 0 Å². The molecule has 0 radical (unpaired) electrons. The number of carbonyl (C=O) groups excluding carboxylic acids is 2. The highest BCUT2D eigenvalue weighted by molar-refractivity contribution is 6.74. The number of hydrogen-bond donors (Lipinski definition) is 0. The average molecular weight is 346 g/mol. The lowest BCUT2D eigenvalue weighted by Gasteiger charge is -2.36. The quantitative estimate of drug-likeness (QED) is 0.455. The lowest BCUT2D eigenvalue weighted by atomic mass is 10.1. The first kappa shape index (κ1) is 18.6. The monoisotopic (exact) mass is 345 g/mol. The van der Waals surface area contributed by atoms with Gasteiger partial charge in [-0.15, -0.1) is 0 Å². The van der Waals surface area contributed by atoms with Crippen LogP contribution in [0, 0.1) is 0 Å². The van der Waals surface area contributed by atoms with E-state index in [4.69, 9.17) is 4.43 Å². The molecule has 0 fully saturated rings. The number of hydrogen-bond acceptors (Lipinski definition) is 3. The fraction of sp³-hybridized carbons (Fsp3) is 0.474. The van der Waals surface area contributed by atoms with Crippen molar-refractivity contribution in [1.29, 1.82) is 0 Å². The van der Waals surface area contributed by atoms with Crippen LogP contribution in [-0.4, -0.2) is 38.2 Å². The third-order valence-electron chi connectivity index (χ3n) is 4.97. The molecule has 4 nitrogen and oxygen atoms in total. The van der Waals surface area contributed by atoms with Gasteiger partial charge < -0.3 is 4.43 Å². The zero-order chi connectivity index (χ0) is 18.1. The van der Waals surface area contributed by atoms with Crippen LogP contribution in [0.5, 0.6) is 0 Å². The number of imide groups is 1. The summed E-state index contributed by atoms with van der Waals surface area (Å²) in [7, 11) is -1.80. The lowest BCUT2D eigenvalue weighted by Crippen LogP contribution is -2.41. The molecule has 24 heavy (non-hydrogen) atoms. The van der Waals surface area contributed by atoms with E-state index in [1.807, 2.05) is 13.0 Å². The maximum Gasteiger partial charge on any atom is 0.261 e. The van der Waals surface area contributed by atoms with Gasteiger partial charge in [-0.05, 0) is 37.2 Å². The Balaban J connectivity index is 1.99. The lowest BCUT2D eigenvalue weighted by molar-refractivity contribution is 0.0671. The molecule has 0 saturated carbocycles. The fourth-order valence-corrected chi connectivity index (χ4v) is 3.24. The second-order valence-corrected chi connectivity index (χ2v) is 12.7. The van der Waals surface area contributed by atoms with Crippen LogP contribution in [0.25, 0.3) is 0 Å². The Morgan fingerprint density at radius 3 is 2.08 bits per heavy atom. The Hall–Kier alpha value is -1.72. The standard InChI is InChI=1S/C19H27NO3Si/c1-14(13-23-24(5,6)19(2,3)4)11-12-20-17(21)15-9-7-8-10-16(15)18(20)22/h7-11H,12-13H2,1-6H3/b14-11-. The molecule has 0 bridgehead atoms. The van der Waals surface area contributed by atoms with Crippen molar-refractivity contribution in [2.24, 2.45) is 0 Å². The molecule has 0 spiro atoms. The molecule has 0 aromatic heterocycles. The van der Waals surface area contributed by atoms with Gasteiger partial charge in [-0.25, -0.2) is 0 Å². The van der Waals surface area contributed by atoms with E-state index < -0.39 is 8.32 Å². The van der Waals surface area contributed by atoms with Gasteiger partial charge in [-0.1, -0.05) is 44.6 Å². The van der Waals surface area contributed by atoms with E-state index in [1.54, 1.807) is 24.3 Å². The minimum atomic E-state index is -1.80. The molecule has 1 aliphatic rings. The van der Waals surface area contributed by atoms with Crippen molar-refractivity contribution in [2.75, 3.05) is 13.2 Å². The Morgan fingerprint density at radius 1 is 1.12 bits per heavy atom. The van der Waals surface area contributed by atoms with Crippen LogP contribution in [0.4, 0.5) is 0 Å². The third-order valence-corrected chi connectivity index (χ3v) is 9.45. The molecule has 1 aliphatic heterocycles. The van der Waals surface area contributed by atoms with Gasteiger partial charge in [0, 0.05) is 6.54 Å². The normalized spacial score (nSPS) is 15.9.